The molecule has 0 aromatic carbocycles. The SMILES string of the molecule is C=CC[n+]1ccc(C2OCC(CCCCCCCCCC)CS2)cc1. The highest BCUT2D eigenvalue weighted by Crippen LogP contribution is 2.37. The van der Waals surface area contributed by atoms with E-state index >= 15 is 0 Å². The fraction of sp³-hybridized carbons (Fsp3) is 0.682. The third kappa shape index (κ3) is 7.96. The average molecular weight is 363 g/mol. The van der Waals surface area contributed by atoms with E-state index < -0.39 is 0 Å². The van der Waals surface area contributed by atoms with E-state index in [0.717, 1.165) is 19.1 Å². The summed E-state index contributed by atoms with van der Waals surface area (Å²) in [6, 6.07) is 4.36. The maximum Gasteiger partial charge on any atom is 0.169 e. The highest BCUT2D eigenvalue weighted by Gasteiger charge is 2.23. The van der Waals surface area contributed by atoms with Crippen LogP contribution in [-0.2, 0) is 11.3 Å². The van der Waals surface area contributed by atoms with E-state index in [1.165, 1.54) is 69.1 Å². The van der Waals surface area contributed by atoms with Crippen LogP contribution >= 0.6 is 11.8 Å². The summed E-state index contributed by atoms with van der Waals surface area (Å²) in [7, 11) is 0. The molecule has 2 rings (SSSR count). The Labute approximate surface area is 159 Å². The Hall–Kier alpha value is -0.800. The minimum absolute atomic E-state index is 0.216. The zero-order valence-corrected chi connectivity index (χ0v) is 16.8. The summed E-state index contributed by atoms with van der Waals surface area (Å²) in [6.07, 6.45) is 18.7. The molecule has 1 aromatic heterocycles. The van der Waals surface area contributed by atoms with E-state index in [1.54, 1.807) is 0 Å². The van der Waals surface area contributed by atoms with Crippen molar-refractivity contribution in [2.24, 2.45) is 5.92 Å². The number of allylic oxidation sites excluding steroid dienone is 1. The first kappa shape index (κ1) is 20.5. The fourth-order valence-corrected chi connectivity index (χ4v) is 4.60. The molecule has 0 spiro atoms. The second-order valence-electron chi connectivity index (χ2n) is 7.25. The van der Waals surface area contributed by atoms with Gasteiger partial charge in [0, 0.05) is 23.4 Å². The van der Waals surface area contributed by atoms with Gasteiger partial charge < -0.3 is 4.74 Å². The minimum atomic E-state index is 0.216. The molecule has 1 fully saturated rings. The predicted molar refractivity (Wildman–Crippen MR) is 109 cm³/mol. The Morgan fingerprint density at radius 1 is 1.12 bits per heavy atom. The van der Waals surface area contributed by atoms with Gasteiger partial charge in [-0.15, -0.1) is 11.8 Å². The van der Waals surface area contributed by atoms with Crippen molar-refractivity contribution in [3.05, 3.63) is 42.7 Å². The lowest BCUT2D eigenvalue weighted by molar-refractivity contribution is -0.687. The molecule has 0 amide bonds. The van der Waals surface area contributed by atoms with Crippen molar-refractivity contribution < 1.29 is 9.30 Å². The molecule has 0 radical (unpaired) electrons. The second-order valence-corrected chi connectivity index (χ2v) is 8.34. The Morgan fingerprint density at radius 2 is 1.80 bits per heavy atom. The van der Waals surface area contributed by atoms with Crippen LogP contribution in [0.5, 0.6) is 0 Å². The summed E-state index contributed by atoms with van der Waals surface area (Å²) in [5, 5.41) is 0. The number of unbranched alkanes of at least 4 members (excludes halogenated alkanes) is 7. The van der Waals surface area contributed by atoms with Gasteiger partial charge >= 0.3 is 0 Å². The maximum atomic E-state index is 6.13. The van der Waals surface area contributed by atoms with E-state index in [0.29, 0.717) is 0 Å². The summed E-state index contributed by atoms with van der Waals surface area (Å²) in [5.41, 5.74) is 1.50. The van der Waals surface area contributed by atoms with Crippen molar-refractivity contribution in [3.63, 3.8) is 0 Å². The lowest BCUT2D eigenvalue weighted by atomic mass is 10.0. The van der Waals surface area contributed by atoms with Crippen LogP contribution in [0.2, 0.25) is 0 Å². The molecule has 0 N–H and O–H groups in total. The lowest BCUT2D eigenvalue weighted by Gasteiger charge is -2.28. The molecule has 1 saturated heterocycles. The molecule has 2 nitrogen and oxygen atoms in total. The van der Waals surface area contributed by atoms with Crippen LogP contribution in [0.1, 0.15) is 75.7 Å². The van der Waals surface area contributed by atoms with Gasteiger partial charge in [-0.25, -0.2) is 4.57 Å². The number of ether oxygens (including phenoxy) is 1. The first-order valence-electron chi connectivity index (χ1n) is 10.2. The highest BCUT2D eigenvalue weighted by molar-refractivity contribution is 7.99. The van der Waals surface area contributed by atoms with Gasteiger partial charge in [0.2, 0.25) is 0 Å². The van der Waals surface area contributed by atoms with Crippen LogP contribution in [0.25, 0.3) is 0 Å². The fourth-order valence-electron chi connectivity index (χ4n) is 3.37. The molecule has 0 saturated carbocycles. The molecule has 140 valence electrons. The third-order valence-corrected chi connectivity index (χ3v) is 6.34. The molecular weight excluding hydrogens is 326 g/mol. The Balaban J connectivity index is 1.56. The standard InChI is InChI=1S/C22H36NOS/c1-3-5-6-7-8-9-10-11-12-20-18-24-22(25-19-20)21-13-16-23(15-4-2)17-14-21/h4,13-14,16-17,20,22H,2-3,5-12,15,18-19H2,1H3/q+1. The molecule has 2 atom stereocenters. The van der Waals surface area contributed by atoms with Crippen molar-refractivity contribution in [1.82, 2.24) is 0 Å². The summed E-state index contributed by atoms with van der Waals surface area (Å²) in [6.45, 7) is 7.85. The van der Waals surface area contributed by atoms with Crippen LogP contribution in [-0.4, -0.2) is 12.4 Å². The molecule has 3 heteroatoms. The van der Waals surface area contributed by atoms with Crippen LogP contribution in [0.3, 0.4) is 0 Å². The highest BCUT2D eigenvalue weighted by atomic mass is 32.2. The maximum absolute atomic E-state index is 6.13. The zero-order valence-electron chi connectivity index (χ0n) is 16.0. The van der Waals surface area contributed by atoms with Gasteiger partial charge in [-0.1, -0.05) is 64.9 Å². The zero-order chi connectivity index (χ0) is 17.7. The quantitative estimate of drug-likeness (QED) is 0.254. The molecule has 2 unspecified atom stereocenters. The number of pyridine rings is 1. The van der Waals surface area contributed by atoms with Crippen LogP contribution in [0.4, 0.5) is 0 Å². The summed E-state index contributed by atoms with van der Waals surface area (Å²) in [5.74, 6) is 1.98. The van der Waals surface area contributed by atoms with E-state index in [4.69, 9.17) is 4.74 Å². The topological polar surface area (TPSA) is 13.1 Å². The largest absolute Gasteiger partial charge is 0.362 e. The second kappa shape index (κ2) is 12.5. The summed E-state index contributed by atoms with van der Waals surface area (Å²) in [4.78, 5) is 0. The van der Waals surface area contributed by atoms with Gasteiger partial charge in [0.15, 0.2) is 18.9 Å². The van der Waals surface area contributed by atoms with E-state index in [2.05, 4.69) is 42.6 Å². The van der Waals surface area contributed by atoms with Gasteiger partial charge in [-0.3, -0.25) is 0 Å². The monoisotopic (exact) mass is 362 g/mol. The average Bonchev–Trinajstić information content (AvgIpc) is 2.65. The molecule has 0 bridgehead atoms. The molecule has 25 heavy (non-hydrogen) atoms. The van der Waals surface area contributed by atoms with Crippen LogP contribution < -0.4 is 4.57 Å². The van der Waals surface area contributed by atoms with E-state index in [1.807, 2.05) is 17.8 Å². The first-order chi connectivity index (χ1) is 12.3. The normalized spacial score (nSPS) is 20.5. The number of hydrogen-bond donors (Lipinski definition) is 0. The van der Waals surface area contributed by atoms with Gasteiger partial charge in [0.05, 0.1) is 6.61 Å². The molecule has 2 heterocycles. The van der Waals surface area contributed by atoms with Crippen molar-refractivity contribution in [2.45, 2.75) is 76.7 Å². The summed E-state index contributed by atoms with van der Waals surface area (Å²) >= 11 is 1.97. The van der Waals surface area contributed by atoms with Crippen molar-refractivity contribution in [2.75, 3.05) is 12.4 Å². The third-order valence-electron chi connectivity index (χ3n) is 4.96. The van der Waals surface area contributed by atoms with Gasteiger partial charge in [-0.2, -0.15) is 0 Å². The smallest absolute Gasteiger partial charge is 0.169 e. The van der Waals surface area contributed by atoms with Gasteiger partial charge in [-0.05, 0) is 18.4 Å². The van der Waals surface area contributed by atoms with Crippen LogP contribution in [0, 0.1) is 5.92 Å². The number of thioether (sulfide) groups is 1. The van der Waals surface area contributed by atoms with E-state index in [-0.39, 0.29) is 5.44 Å². The Morgan fingerprint density at radius 3 is 2.40 bits per heavy atom. The van der Waals surface area contributed by atoms with Crippen molar-refractivity contribution >= 4 is 11.8 Å². The van der Waals surface area contributed by atoms with Crippen LogP contribution in [0.15, 0.2) is 37.2 Å². The summed E-state index contributed by atoms with van der Waals surface area (Å²) < 4.78 is 8.27. The Kier molecular flexibility index (Phi) is 10.3. The number of hydrogen-bond acceptors (Lipinski definition) is 2. The molecular formula is C22H36NOS+. The van der Waals surface area contributed by atoms with E-state index in [9.17, 15) is 0 Å². The number of nitrogens with zero attached hydrogens (tertiary/aromatic N) is 1. The van der Waals surface area contributed by atoms with Crippen molar-refractivity contribution in [3.8, 4) is 0 Å². The minimum Gasteiger partial charge on any atom is -0.362 e. The number of aromatic nitrogens is 1. The molecule has 1 aliphatic rings. The van der Waals surface area contributed by atoms with Gasteiger partial charge in [0.25, 0.3) is 0 Å². The lowest BCUT2D eigenvalue weighted by Crippen LogP contribution is -2.31. The Bertz CT molecular complexity index is 465. The first-order valence-corrected chi connectivity index (χ1v) is 11.2. The molecule has 0 aliphatic carbocycles. The predicted octanol–water partition coefficient (Wildman–Crippen LogP) is 6.07. The van der Waals surface area contributed by atoms with Gasteiger partial charge in [0.1, 0.15) is 5.44 Å². The number of rotatable bonds is 12. The van der Waals surface area contributed by atoms with Crippen molar-refractivity contribution in [1.29, 1.82) is 0 Å². The molecule has 1 aromatic rings. The molecule has 1 aliphatic heterocycles.